The minimum Gasteiger partial charge on any atom is -0.493 e. The second kappa shape index (κ2) is 7.66. The van der Waals surface area contributed by atoms with E-state index >= 15 is 0 Å². The fraction of sp³-hybridized carbons (Fsp3) is 0.176. The van der Waals surface area contributed by atoms with Crippen molar-refractivity contribution in [3.8, 4) is 17.2 Å². The molecule has 6 heteroatoms. The van der Waals surface area contributed by atoms with Crippen LogP contribution in [0.4, 0.5) is 0 Å². The zero-order chi connectivity index (χ0) is 16.1. The third-order valence-electron chi connectivity index (χ3n) is 3.08. The van der Waals surface area contributed by atoms with Gasteiger partial charge in [-0.2, -0.15) is 0 Å². The highest BCUT2D eigenvalue weighted by molar-refractivity contribution is 9.10. The highest BCUT2D eigenvalue weighted by atomic mass is 79.9. The van der Waals surface area contributed by atoms with Crippen LogP contribution in [0.1, 0.15) is 5.56 Å². The number of aryl methyl sites for hydroxylation is 1. The predicted molar refractivity (Wildman–Crippen MR) is 94.8 cm³/mol. The Labute approximate surface area is 147 Å². The van der Waals surface area contributed by atoms with E-state index in [0.717, 1.165) is 21.5 Å². The Balaban J connectivity index is 1.50. The first-order valence-corrected chi connectivity index (χ1v) is 8.90. The minimum absolute atomic E-state index is 0.542. The lowest BCUT2D eigenvalue weighted by Crippen LogP contribution is -1.99. The second-order valence-electron chi connectivity index (χ2n) is 4.89. The molecule has 0 aliphatic rings. The molecule has 0 N–H and O–H groups in total. The number of thioether (sulfide) groups is 1. The van der Waals surface area contributed by atoms with Crippen molar-refractivity contribution in [3.05, 3.63) is 58.6 Å². The summed E-state index contributed by atoms with van der Waals surface area (Å²) in [4.78, 5) is 0. The molecule has 0 spiro atoms. The van der Waals surface area contributed by atoms with Gasteiger partial charge in [0.1, 0.15) is 5.75 Å². The van der Waals surface area contributed by atoms with E-state index in [2.05, 4.69) is 26.1 Å². The Morgan fingerprint density at radius 2 is 1.96 bits per heavy atom. The topological polar surface area (TPSA) is 48.2 Å². The van der Waals surface area contributed by atoms with Crippen LogP contribution in [0.3, 0.4) is 0 Å². The van der Waals surface area contributed by atoms with E-state index in [1.165, 1.54) is 17.3 Å². The minimum atomic E-state index is 0.542. The zero-order valence-electron chi connectivity index (χ0n) is 12.5. The molecule has 0 fully saturated rings. The van der Waals surface area contributed by atoms with E-state index in [-0.39, 0.29) is 0 Å². The number of hydrogen-bond acceptors (Lipinski definition) is 5. The molecular formula is C17H15BrN2O2S. The molecule has 3 aromatic rings. The van der Waals surface area contributed by atoms with Crippen molar-refractivity contribution >= 4 is 27.7 Å². The largest absolute Gasteiger partial charge is 0.493 e. The maximum Gasteiger partial charge on any atom is 0.276 e. The van der Waals surface area contributed by atoms with Crippen LogP contribution >= 0.6 is 27.7 Å². The third kappa shape index (κ3) is 4.59. The highest BCUT2D eigenvalue weighted by Gasteiger charge is 2.08. The van der Waals surface area contributed by atoms with Gasteiger partial charge in [0.2, 0.25) is 5.89 Å². The van der Waals surface area contributed by atoms with Crippen LogP contribution in [0.25, 0.3) is 11.5 Å². The summed E-state index contributed by atoms with van der Waals surface area (Å²) in [5.41, 5.74) is 2.13. The summed E-state index contributed by atoms with van der Waals surface area (Å²) in [7, 11) is 0. The number of rotatable bonds is 6. The Morgan fingerprint density at radius 1 is 1.13 bits per heavy atom. The zero-order valence-corrected chi connectivity index (χ0v) is 14.9. The molecule has 0 unspecified atom stereocenters. The number of nitrogens with zero attached hydrogens (tertiary/aromatic N) is 2. The van der Waals surface area contributed by atoms with Gasteiger partial charge in [-0.3, -0.25) is 0 Å². The Kier molecular flexibility index (Phi) is 5.35. The second-order valence-corrected chi connectivity index (χ2v) is 6.86. The molecule has 0 bridgehead atoms. The van der Waals surface area contributed by atoms with Gasteiger partial charge in [0, 0.05) is 15.8 Å². The van der Waals surface area contributed by atoms with Gasteiger partial charge in [-0.15, -0.1) is 10.2 Å². The van der Waals surface area contributed by atoms with Crippen molar-refractivity contribution < 1.29 is 9.15 Å². The first-order chi connectivity index (χ1) is 11.2. The van der Waals surface area contributed by atoms with Crippen LogP contribution in [-0.4, -0.2) is 22.6 Å². The van der Waals surface area contributed by atoms with Crippen molar-refractivity contribution in [2.45, 2.75) is 12.1 Å². The van der Waals surface area contributed by atoms with Crippen molar-refractivity contribution in [2.75, 3.05) is 12.4 Å². The fourth-order valence-corrected chi connectivity index (χ4v) is 2.88. The van der Waals surface area contributed by atoms with E-state index in [1.54, 1.807) is 0 Å². The Hall–Kier alpha value is -1.79. The summed E-state index contributed by atoms with van der Waals surface area (Å²) < 4.78 is 12.3. The number of halogens is 1. The lowest BCUT2D eigenvalue weighted by molar-refractivity contribution is 0.343. The van der Waals surface area contributed by atoms with Crippen LogP contribution in [0.2, 0.25) is 0 Å². The van der Waals surface area contributed by atoms with Gasteiger partial charge in [-0.05, 0) is 37.3 Å². The number of aromatic nitrogens is 2. The molecule has 1 aromatic heterocycles. The summed E-state index contributed by atoms with van der Waals surface area (Å²) in [5.74, 6) is 2.12. The quantitative estimate of drug-likeness (QED) is 0.438. The molecule has 0 amide bonds. The molecule has 0 saturated carbocycles. The molecule has 0 atom stereocenters. The molecule has 1 heterocycles. The molecular weight excluding hydrogens is 376 g/mol. The number of benzene rings is 2. The average molecular weight is 391 g/mol. The fourth-order valence-electron chi connectivity index (χ4n) is 1.93. The van der Waals surface area contributed by atoms with Crippen LogP contribution in [-0.2, 0) is 0 Å². The van der Waals surface area contributed by atoms with Gasteiger partial charge in [0.15, 0.2) is 0 Å². The van der Waals surface area contributed by atoms with E-state index in [1.807, 2.05) is 55.5 Å². The van der Waals surface area contributed by atoms with Crippen LogP contribution in [0.5, 0.6) is 5.75 Å². The van der Waals surface area contributed by atoms with Crippen LogP contribution in [0.15, 0.2) is 62.6 Å². The van der Waals surface area contributed by atoms with Crippen LogP contribution in [0, 0.1) is 6.92 Å². The van der Waals surface area contributed by atoms with Crippen LogP contribution < -0.4 is 4.74 Å². The van der Waals surface area contributed by atoms with Crippen molar-refractivity contribution in [1.29, 1.82) is 0 Å². The lowest BCUT2D eigenvalue weighted by atomic mass is 10.1. The highest BCUT2D eigenvalue weighted by Crippen LogP contribution is 2.24. The molecule has 23 heavy (non-hydrogen) atoms. The summed E-state index contributed by atoms with van der Waals surface area (Å²) in [6, 6.07) is 15.8. The van der Waals surface area contributed by atoms with Gasteiger partial charge in [-0.25, -0.2) is 0 Å². The van der Waals surface area contributed by atoms with E-state index in [4.69, 9.17) is 9.15 Å². The monoisotopic (exact) mass is 390 g/mol. The summed E-state index contributed by atoms with van der Waals surface area (Å²) in [6.07, 6.45) is 0. The number of hydrogen-bond donors (Lipinski definition) is 0. The number of ether oxygens (including phenoxy) is 1. The van der Waals surface area contributed by atoms with Crippen molar-refractivity contribution in [1.82, 2.24) is 10.2 Å². The Bertz CT molecular complexity index is 774. The average Bonchev–Trinajstić information content (AvgIpc) is 3.01. The summed E-state index contributed by atoms with van der Waals surface area (Å²) in [5, 5.41) is 8.69. The third-order valence-corrected chi connectivity index (χ3v) is 4.35. The summed E-state index contributed by atoms with van der Waals surface area (Å²) in [6.45, 7) is 2.62. The molecule has 118 valence electrons. The first kappa shape index (κ1) is 16.1. The normalized spacial score (nSPS) is 10.7. The molecule has 0 aliphatic carbocycles. The van der Waals surface area contributed by atoms with Crippen molar-refractivity contribution in [2.24, 2.45) is 0 Å². The molecule has 3 rings (SSSR count). The Morgan fingerprint density at radius 3 is 2.74 bits per heavy atom. The van der Waals surface area contributed by atoms with Gasteiger partial charge in [-0.1, -0.05) is 51.5 Å². The molecule has 0 saturated heterocycles. The van der Waals surface area contributed by atoms with E-state index < -0.39 is 0 Å². The SMILES string of the molecule is Cc1ccc(-c2nnc(SCCOc3cccc(Br)c3)o2)cc1. The standard InChI is InChI=1S/C17H15BrN2O2S/c1-12-5-7-13(8-6-12)16-19-20-17(22-16)23-10-9-21-15-4-2-3-14(18)11-15/h2-8,11H,9-10H2,1H3. The van der Waals surface area contributed by atoms with Crippen molar-refractivity contribution in [3.63, 3.8) is 0 Å². The predicted octanol–water partition coefficient (Wildman–Crippen LogP) is 4.98. The smallest absolute Gasteiger partial charge is 0.276 e. The molecule has 2 aromatic carbocycles. The lowest BCUT2D eigenvalue weighted by Gasteiger charge is -2.04. The molecule has 0 aliphatic heterocycles. The first-order valence-electron chi connectivity index (χ1n) is 7.12. The maximum atomic E-state index is 5.67. The maximum absolute atomic E-state index is 5.67. The van der Waals surface area contributed by atoms with Gasteiger partial charge in [0.05, 0.1) is 6.61 Å². The van der Waals surface area contributed by atoms with Gasteiger partial charge in [0.25, 0.3) is 5.22 Å². The van der Waals surface area contributed by atoms with Gasteiger partial charge < -0.3 is 9.15 Å². The summed E-state index contributed by atoms with van der Waals surface area (Å²) >= 11 is 4.90. The van der Waals surface area contributed by atoms with Gasteiger partial charge >= 0.3 is 0 Å². The molecule has 0 radical (unpaired) electrons. The van der Waals surface area contributed by atoms with E-state index in [9.17, 15) is 0 Å². The van der Waals surface area contributed by atoms with E-state index in [0.29, 0.717) is 17.7 Å². The molecule has 4 nitrogen and oxygen atoms in total.